The predicted molar refractivity (Wildman–Crippen MR) is 129 cm³/mol. The monoisotopic (exact) mass is 435 g/mol. The SMILES string of the molecule is S=C(NCc1ccc(Cl)cc1)N1CCN(C(c2ccccc2)c2ccccc2)CC1. The zero-order valence-corrected chi connectivity index (χ0v) is 18.4. The van der Waals surface area contributed by atoms with E-state index in [1.54, 1.807) is 0 Å². The number of benzene rings is 3. The van der Waals surface area contributed by atoms with Gasteiger partial charge in [-0.2, -0.15) is 0 Å². The summed E-state index contributed by atoms with van der Waals surface area (Å²) in [7, 11) is 0. The quantitative estimate of drug-likeness (QED) is 0.560. The minimum Gasteiger partial charge on any atom is -0.358 e. The second-order valence-electron chi connectivity index (χ2n) is 7.53. The van der Waals surface area contributed by atoms with Gasteiger partial charge in [-0.25, -0.2) is 0 Å². The topological polar surface area (TPSA) is 18.5 Å². The van der Waals surface area contributed by atoms with Crippen LogP contribution in [0.5, 0.6) is 0 Å². The van der Waals surface area contributed by atoms with Crippen molar-refractivity contribution in [2.75, 3.05) is 26.2 Å². The van der Waals surface area contributed by atoms with E-state index in [0.29, 0.717) is 6.54 Å². The number of hydrogen-bond acceptors (Lipinski definition) is 2. The zero-order chi connectivity index (χ0) is 20.8. The average Bonchev–Trinajstić information content (AvgIpc) is 2.81. The Morgan fingerprint density at radius 2 is 1.33 bits per heavy atom. The fourth-order valence-corrected chi connectivity index (χ4v) is 4.34. The number of hydrogen-bond donors (Lipinski definition) is 1. The Kier molecular flexibility index (Phi) is 7.00. The van der Waals surface area contributed by atoms with Gasteiger partial charge in [0, 0.05) is 37.7 Å². The maximum Gasteiger partial charge on any atom is 0.169 e. The van der Waals surface area contributed by atoms with Crippen LogP contribution in [0, 0.1) is 0 Å². The van der Waals surface area contributed by atoms with E-state index in [4.69, 9.17) is 23.8 Å². The first-order chi connectivity index (χ1) is 14.7. The highest BCUT2D eigenvalue weighted by Gasteiger charge is 2.27. The smallest absolute Gasteiger partial charge is 0.169 e. The maximum absolute atomic E-state index is 5.96. The molecule has 1 heterocycles. The first-order valence-corrected chi connectivity index (χ1v) is 11.1. The normalized spacial score (nSPS) is 14.7. The third-order valence-electron chi connectivity index (χ3n) is 5.55. The molecule has 4 rings (SSSR count). The summed E-state index contributed by atoms with van der Waals surface area (Å²) in [6.07, 6.45) is 0. The van der Waals surface area contributed by atoms with Crippen molar-refractivity contribution in [2.24, 2.45) is 0 Å². The van der Waals surface area contributed by atoms with Gasteiger partial charge in [0.1, 0.15) is 0 Å². The molecule has 0 aromatic heterocycles. The Labute approximate surface area is 189 Å². The van der Waals surface area contributed by atoms with Gasteiger partial charge in [0.2, 0.25) is 0 Å². The molecule has 154 valence electrons. The van der Waals surface area contributed by atoms with Crippen LogP contribution in [-0.2, 0) is 6.54 Å². The van der Waals surface area contributed by atoms with E-state index in [1.807, 2.05) is 24.3 Å². The molecular weight excluding hydrogens is 410 g/mol. The highest BCUT2D eigenvalue weighted by atomic mass is 35.5. The third-order valence-corrected chi connectivity index (χ3v) is 6.21. The molecule has 0 unspecified atom stereocenters. The second-order valence-corrected chi connectivity index (χ2v) is 8.36. The number of nitrogens with one attached hydrogen (secondary N) is 1. The predicted octanol–water partition coefficient (Wildman–Crippen LogP) is 5.12. The largest absolute Gasteiger partial charge is 0.358 e. The Balaban J connectivity index is 1.38. The molecule has 1 aliphatic heterocycles. The molecule has 3 nitrogen and oxygen atoms in total. The van der Waals surface area contributed by atoms with E-state index >= 15 is 0 Å². The summed E-state index contributed by atoms with van der Waals surface area (Å²) in [5.74, 6) is 0. The van der Waals surface area contributed by atoms with Crippen molar-refractivity contribution < 1.29 is 0 Å². The van der Waals surface area contributed by atoms with Crippen molar-refractivity contribution in [3.8, 4) is 0 Å². The summed E-state index contributed by atoms with van der Waals surface area (Å²) in [6.45, 7) is 4.49. The van der Waals surface area contributed by atoms with Crippen molar-refractivity contribution in [3.05, 3.63) is 107 Å². The van der Waals surface area contributed by atoms with Gasteiger partial charge in [0.15, 0.2) is 5.11 Å². The van der Waals surface area contributed by atoms with Crippen molar-refractivity contribution in [1.82, 2.24) is 15.1 Å². The number of rotatable bonds is 5. The maximum atomic E-state index is 5.96. The minimum absolute atomic E-state index is 0.269. The molecule has 1 aliphatic rings. The number of nitrogens with zero attached hydrogens (tertiary/aromatic N) is 2. The van der Waals surface area contributed by atoms with Gasteiger partial charge in [-0.05, 0) is 41.0 Å². The molecule has 3 aromatic rings. The number of thiocarbonyl (C=S) groups is 1. The van der Waals surface area contributed by atoms with Crippen LogP contribution in [0.4, 0.5) is 0 Å². The summed E-state index contributed by atoms with van der Waals surface area (Å²) in [5, 5.41) is 4.96. The fourth-order valence-electron chi connectivity index (χ4n) is 3.96. The van der Waals surface area contributed by atoms with Gasteiger partial charge in [-0.1, -0.05) is 84.4 Å². The highest BCUT2D eigenvalue weighted by Crippen LogP contribution is 2.29. The lowest BCUT2D eigenvalue weighted by molar-refractivity contribution is 0.149. The Hall–Kier alpha value is -2.40. The molecule has 1 fully saturated rings. The molecule has 5 heteroatoms. The molecule has 0 bridgehead atoms. The summed E-state index contributed by atoms with van der Waals surface area (Å²) in [6, 6.07) is 29.7. The van der Waals surface area contributed by atoms with Gasteiger partial charge in [0.25, 0.3) is 0 Å². The molecule has 0 atom stereocenters. The van der Waals surface area contributed by atoms with Gasteiger partial charge in [-0.3, -0.25) is 4.90 Å². The minimum atomic E-state index is 0.269. The fraction of sp³-hybridized carbons (Fsp3) is 0.240. The Morgan fingerprint density at radius 1 is 0.800 bits per heavy atom. The lowest BCUT2D eigenvalue weighted by Crippen LogP contribution is -2.52. The Morgan fingerprint density at radius 3 is 1.87 bits per heavy atom. The van der Waals surface area contributed by atoms with Crippen LogP contribution in [0.25, 0.3) is 0 Å². The van der Waals surface area contributed by atoms with Crippen LogP contribution >= 0.6 is 23.8 Å². The van der Waals surface area contributed by atoms with E-state index in [-0.39, 0.29) is 6.04 Å². The lowest BCUT2D eigenvalue weighted by Gasteiger charge is -2.40. The molecule has 0 saturated carbocycles. The van der Waals surface area contributed by atoms with E-state index in [9.17, 15) is 0 Å². The van der Waals surface area contributed by atoms with Crippen LogP contribution in [0.1, 0.15) is 22.7 Å². The van der Waals surface area contributed by atoms with Crippen LogP contribution in [0.2, 0.25) is 5.02 Å². The molecule has 1 saturated heterocycles. The van der Waals surface area contributed by atoms with Crippen LogP contribution in [0.15, 0.2) is 84.9 Å². The third kappa shape index (κ3) is 5.20. The van der Waals surface area contributed by atoms with E-state index in [0.717, 1.165) is 36.3 Å². The highest BCUT2D eigenvalue weighted by molar-refractivity contribution is 7.80. The summed E-state index contributed by atoms with van der Waals surface area (Å²) in [5.41, 5.74) is 3.84. The van der Waals surface area contributed by atoms with E-state index in [1.165, 1.54) is 16.7 Å². The summed E-state index contributed by atoms with van der Waals surface area (Å²) < 4.78 is 0. The van der Waals surface area contributed by atoms with Crippen molar-refractivity contribution in [2.45, 2.75) is 12.6 Å². The first kappa shape index (κ1) is 20.9. The van der Waals surface area contributed by atoms with Crippen LogP contribution in [0.3, 0.4) is 0 Å². The molecular formula is C25H26ClN3S. The van der Waals surface area contributed by atoms with Crippen LogP contribution < -0.4 is 5.32 Å². The van der Waals surface area contributed by atoms with Gasteiger partial charge in [-0.15, -0.1) is 0 Å². The van der Waals surface area contributed by atoms with Gasteiger partial charge in [0.05, 0.1) is 6.04 Å². The first-order valence-electron chi connectivity index (χ1n) is 10.3. The van der Waals surface area contributed by atoms with Crippen molar-refractivity contribution >= 4 is 28.9 Å². The van der Waals surface area contributed by atoms with E-state index < -0.39 is 0 Å². The number of piperazine rings is 1. The van der Waals surface area contributed by atoms with E-state index in [2.05, 4.69) is 75.8 Å². The summed E-state index contributed by atoms with van der Waals surface area (Å²) in [4.78, 5) is 4.83. The van der Waals surface area contributed by atoms with Crippen molar-refractivity contribution in [1.29, 1.82) is 0 Å². The zero-order valence-electron chi connectivity index (χ0n) is 16.9. The molecule has 0 aliphatic carbocycles. The summed E-state index contributed by atoms with van der Waals surface area (Å²) >= 11 is 11.6. The van der Waals surface area contributed by atoms with Gasteiger partial charge >= 0.3 is 0 Å². The molecule has 0 spiro atoms. The Bertz CT molecular complexity index is 900. The lowest BCUT2D eigenvalue weighted by atomic mass is 9.96. The standard InChI is InChI=1S/C25H26ClN3S/c26-23-13-11-20(12-14-23)19-27-25(30)29-17-15-28(16-18-29)24(21-7-3-1-4-8-21)22-9-5-2-6-10-22/h1-14,24H,15-19H2,(H,27,30). The average molecular weight is 436 g/mol. The molecule has 3 aromatic carbocycles. The second kappa shape index (κ2) is 10.1. The van der Waals surface area contributed by atoms with Gasteiger partial charge < -0.3 is 10.2 Å². The van der Waals surface area contributed by atoms with Crippen LogP contribution in [-0.4, -0.2) is 41.1 Å². The molecule has 0 amide bonds. The molecule has 30 heavy (non-hydrogen) atoms. The molecule has 0 radical (unpaired) electrons. The molecule has 1 N–H and O–H groups in total. The van der Waals surface area contributed by atoms with Crippen molar-refractivity contribution in [3.63, 3.8) is 0 Å². The number of halogens is 1.